The van der Waals surface area contributed by atoms with Gasteiger partial charge in [-0.3, -0.25) is 0 Å². The summed E-state index contributed by atoms with van der Waals surface area (Å²) < 4.78 is 0.125. The second kappa shape index (κ2) is 6.49. The summed E-state index contributed by atoms with van der Waals surface area (Å²) >= 11 is 5.11. The third kappa shape index (κ3) is 2.96. The number of nitrogens with zero attached hydrogens (tertiary/aromatic N) is 1. The van der Waals surface area contributed by atoms with Crippen molar-refractivity contribution in [1.82, 2.24) is 4.98 Å². The number of nitriles is 1. The first-order chi connectivity index (χ1) is 11.6. The molecule has 116 valence electrons. The Morgan fingerprint density at radius 1 is 1.00 bits per heavy atom. The van der Waals surface area contributed by atoms with Crippen LogP contribution in [0, 0.1) is 16.0 Å². The zero-order valence-corrected chi connectivity index (χ0v) is 13.3. The molecule has 3 rings (SSSR count). The maximum absolute atomic E-state index is 11.3. The van der Waals surface area contributed by atoms with E-state index in [4.69, 9.17) is 17.5 Å². The summed E-state index contributed by atoms with van der Waals surface area (Å²) in [6.07, 6.45) is 0. The highest BCUT2D eigenvalue weighted by molar-refractivity contribution is 7.71. The number of aromatic amines is 1. The molecule has 5 heteroatoms. The predicted octanol–water partition coefficient (Wildman–Crippen LogP) is 4.65. The summed E-state index contributed by atoms with van der Waals surface area (Å²) in [7, 11) is 0. The summed E-state index contributed by atoms with van der Waals surface area (Å²) in [4.78, 5) is 14.3. The fourth-order valence-corrected chi connectivity index (χ4v) is 2.73. The van der Waals surface area contributed by atoms with E-state index < -0.39 is 5.97 Å². The minimum atomic E-state index is -1.17. The van der Waals surface area contributed by atoms with E-state index in [0.29, 0.717) is 5.69 Å². The number of hydrogen-bond donors (Lipinski definition) is 2. The Morgan fingerprint density at radius 3 is 2.17 bits per heavy atom. The van der Waals surface area contributed by atoms with Gasteiger partial charge in [0, 0.05) is 5.69 Å². The van der Waals surface area contributed by atoms with Gasteiger partial charge in [0.05, 0.1) is 5.56 Å². The fourth-order valence-electron chi connectivity index (χ4n) is 2.47. The third-order valence-electron chi connectivity index (χ3n) is 3.68. The normalized spacial score (nSPS) is 10.1. The highest BCUT2D eigenvalue weighted by atomic mass is 32.1. The molecule has 1 aromatic heterocycles. The molecule has 2 aromatic carbocycles. The van der Waals surface area contributed by atoms with Crippen LogP contribution in [0.1, 0.15) is 15.9 Å². The third-order valence-corrected chi connectivity index (χ3v) is 3.98. The minimum absolute atomic E-state index is 0.0258. The number of aromatic nitrogens is 1. The summed E-state index contributed by atoms with van der Waals surface area (Å²) in [5.74, 6) is -1.17. The largest absolute Gasteiger partial charge is 0.478 e. The van der Waals surface area contributed by atoms with E-state index in [9.17, 15) is 9.90 Å². The van der Waals surface area contributed by atoms with Crippen LogP contribution in [-0.2, 0) is 0 Å². The van der Waals surface area contributed by atoms with Crippen molar-refractivity contribution < 1.29 is 9.90 Å². The van der Waals surface area contributed by atoms with Crippen LogP contribution >= 0.6 is 12.2 Å². The van der Waals surface area contributed by atoms with Gasteiger partial charge in [-0.2, -0.15) is 5.26 Å². The van der Waals surface area contributed by atoms with Gasteiger partial charge in [0.15, 0.2) is 0 Å². The SMILES string of the molecule is N#Cc1c(C(=O)O)cc(-c2ccc(-c3ccccc3)cc2)[nH]c1=S. The average Bonchev–Trinajstić information content (AvgIpc) is 2.62. The molecular formula is C19H12N2O2S. The molecule has 0 aliphatic rings. The zero-order chi connectivity index (χ0) is 17.1. The molecule has 0 radical (unpaired) electrons. The van der Waals surface area contributed by atoms with Crippen molar-refractivity contribution in [3.8, 4) is 28.5 Å². The first-order valence-corrected chi connectivity index (χ1v) is 7.57. The zero-order valence-electron chi connectivity index (χ0n) is 12.5. The summed E-state index contributed by atoms with van der Waals surface area (Å²) in [5, 5.41) is 18.3. The summed E-state index contributed by atoms with van der Waals surface area (Å²) in [5.41, 5.74) is 3.41. The van der Waals surface area contributed by atoms with Crippen LogP contribution in [0.25, 0.3) is 22.4 Å². The number of rotatable bonds is 3. The minimum Gasteiger partial charge on any atom is -0.478 e. The highest BCUT2D eigenvalue weighted by Gasteiger charge is 2.14. The van der Waals surface area contributed by atoms with E-state index in [1.165, 1.54) is 6.07 Å². The lowest BCUT2D eigenvalue weighted by Crippen LogP contribution is -2.03. The van der Waals surface area contributed by atoms with E-state index in [-0.39, 0.29) is 15.8 Å². The maximum atomic E-state index is 11.3. The maximum Gasteiger partial charge on any atom is 0.337 e. The Hall–Kier alpha value is -3.23. The van der Waals surface area contributed by atoms with Crippen molar-refractivity contribution in [1.29, 1.82) is 5.26 Å². The van der Waals surface area contributed by atoms with Gasteiger partial charge in [0.2, 0.25) is 0 Å². The van der Waals surface area contributed by atoms with Crippen LogP contribution in [-0.4, -0.2) is 16.1 Å². The number of carboxylic acid groups (broad SMARTS) is 1. The number of benzene rings is 2. The van der Waals surface area contributed by atoms with E-state index >= 15 is 0 Å². The van der Waals surface area contributed by atoms with Crippen LogP contribution in [0.3, 0.4) is 0 Å². The summed E-state index contributed by atoms with van der Waals surface area (Å²) in [6, 6.07) is 20.9. The van der Waals surface area contributed by atoms with Gasteiger partial charge < -0.3 is 10.1 Å². The number of carbonyl (C=O) groups is 1. The lowest BCUT2D eigenvalue weighted by Gasteiger charge is -2.07. The topological polar surface area (TPSA) is 76.9 Å². The standard InChI is InChI=1S/C19H12N2O2S/c20-11-16-15(19(22)23)10-17(21-18(16)24)14-8-6-13(7-9-14)12-4-2-1-3-5-12/h1-10H,(H,21,24)(H,22,23). The van der Waals surface area contributed by atoms with Crippen LogP contribution in [0.15, 0.2) is 60.7 Å². The van der Waals surface area contributed by atoms with Gasteiger partial charge in [0.1, 0.15) is 16.3 Å². The van der Waals surface area contributed by atoms with E-state index in [0.717, 1.165) is 16.7 Å². The van der Waals surface area contributed by atoms with Crippen molar-refractivity contribution >= 4 is 18.2 Å². The van der Waals surface area contributed by atoms with Gasteiger partial charge in [0.25, 0.3) is 0 Å². The number of nitrogens with one attached hydrogen (secondary N) is 1. The Balaban J connectivity index is 2.06. The lowest BCUT2D eigenvalue weighted by atomic mass is 10.0. The van der Waals surface area contributed by atoms with Crippen LogP contribution in [0.2, 0.25) is 0 Å². The van der Waals surface area contributed by atoms with Gasteiger partial charge in [-0.25, -0.2) is 4.79 Å². The molecule has 4 nitrogen and oxygen atoms in total. The smallest absolute Gasteiger partial charge is 0.337 e. The Bertz CT molecular complexity index is 1000. The van der Waals surface area contributed by atoms with Crippen LogP contribution < -0.4 is 0 Å². The van der Waals surface area contributed by atoms with Crippen molar-refractivity contribution in [3.05, 3.63) is 76.4 Å². The fraction of sp³-hybridized carbons (Fsp3) is 0. The van der Waals surface area contributed by atoms with Crippen molar-refractivity contribution in [2.45, 2.75) is 0 Å². The van der Waals surface area contributed by atoms with Gasteiger partial charge in [-0.15, -0.1) is 0 Å². The highest BCUT2D eigenvalue weighted by Crippen LogP contribution is 2.25. The molecule has 0 aliphatic carbocycles. The number of carboxylic acids is 1. The van der Waals surface area contributed by atoms with Gasteiger partial charge >= 0.3 is 5.97 Å². The molecular weight excluding hydrogens is 320 g/mol. The molecule has 0 aliphatic heterocycles. The van der Waals surface area contributed by atoms with E-state index in [1.807, 2.05) is 60.7 Å². The second-order valence-electron chi connectivity index (χ2n) is 5.16. The Kier molecular flexibility index (Phi) is 4.23. The average molecular weight is 332 g/mol. The molecule has 0 amide bonds. The quantitative estimate of drug-likeness (QED) is 0.685. The molecule has 0 fully saturated rings. The molecule has 0 unspecified atom stereocenters. The number of H-pyrrole nitrogens is 1. The van der Waals surface area contributed by atoms with Crippen molar-refractivity contribution in [2.24, 2.45) is 0 Å². The molecule has 0 bridgehead atoms. The van der Waals surface area contributed by atoms with Crippen LogP contribution in [0.4, 0.5) is 0 Å². The predicted molar refractivity (Wildman–Crippen MR) is 94.2 cm³/mol. The van der Waals surface area contributed by atoms with Crippen molar-refractivity contribution in [3.63, 3.8) is 0 Å². The van der Waals surface area contributed by atoms with Crippen LogP contribution in [0.5, 0.6) is 0 Å². The molecule has 24 heavy (non-hydrogen) atoms. The number of pyridine rings is 1. The Labute approximate surface area is 143 Å². The Morgan fingerprint density at radius 2 is 1.58 bits per heavy atom. The van der Waals surface area contributed by atoms with Gasteiger partial charge in [-0.05, 0) is 22.8 Å². The molecule has 0 saturated carbocycles. The van der Waals surface area contributed by atoms with E-state index in [2.05, 4.69) is 4.98 Å². The van der Waals surface area contributed by atoms with Crippen molar-refractivity contribution in [2.75, 3.05) is 0 Å². The first-order valence-electron chi connectivity index (χ1n) is 7.16. The molecule has 2 N–H and O–H groups in total. The van der Waals surface area contributed by atoms with Gasteiger partial charge in [-0.1, -0.05) is 66.8 Å². The lowest BCUT2D eigenvalue weighted by molar-refractivity contribution is 0.0696. The second-order valence-corrected chi connectivity index (χ2v) is 5.57. The number of hydrogen-bond acceptors (Lipinski definition) is 3. The summed E-state index contributed by atoms with van der Waals surface area (Å²) in [6.45, 7) is 0. The molecule has 0 saturated heterocycles. The first kappa shape index (κ1) is 15.7. The van der Waals surface area contributed by atoms with E-state index in [1.54, 1.807) is 0 Å². The molecule has 0 atom stereocenters. The molecule has 3 aromatic rings. The number of aromatic carboxylic acids is 1. The monoisotopic (exact) mass is 332 g/mol. The molecule has 0 spiro atoms. The molecule has 1 heterocycles.